The maximum absolute atomic E-state index is 13.5. The predicted octanol–water partition coefficient (Wildman–Crippen LogP) is 4.62. The van der Waals surface area contributed by atoms with Crippen LogP contribution < -0.4 is 5.73 Å². The van der Waals surface area contributed by atoms with Gasteiger partial charge in [-0.25, -0.2) is 4.98 Å². The average Bonchev–Trinajstić information content (AvgIpc) is 3.23. The van der Waals surface area contributed by atoms with E-state index in [2.05, 4.69) is 16.7 Å². The van der Waals surface area contributed by atoms with Crippen molar-refractivity contribution in [3.8, 4) is 0 Å². The Balaban J connectivity index is 1.50. The lowest BCUT2D eigenvalue weighted by molar-refractivity contribution is -0.0686. The molecular weight excluding hydrogens is 459 g/mol. The minimum atomic E-state index is -4.52. The molecule has 2 aromatic carbocycles. The number of nitrogens with two attached hydrogens (primary N) is 1. The van der Waals surface area contributed by atoms with E-state index in [1.54, 1.807) is 54.1 Å². The lowest BCUT2D eigenvalue weighted by Gasteiger charge is -2.33. The van der Waals surface area contributed by atoms with Gasteiger partial charge in [0.05, 0.1) is 47.4 Å². The number of amides is 1. The molecule has 0 fully saturated rings. The van der Waals surface area contributed by atoms with Crippen molar-refractivity contribution in [2.45, 2.75) is 18.8 Å². The number of nitrogen functional groups attached to an aromatic ring is 1. The molecule has 1 atom stereocenters. The standard InChI is InChI=1S/C25H22F3N5O2/c1-13(25(26,27)28)14-4-6-17-16(8-14)11-35-12-21(17)32(2)24(34)15-5-7-20-18(9-15)22-19(23(29)31-20)10-30-33(22)3/h4-10,21H,1,11-12H2,2-3H3,(H2,29,31). The SMILES string of the molecule is C=C(c1ccc2c(c1)COCC2N(C)C(=O)c1ccc2nc(N)c3cnn(C)c3c2c1)C(F)(F)F. The van der Waals surface area contributed by atoms with Crippen molar-refractivity contribution in [3.63, 3.8) is 0 Å². The van der Waals surface area contributed by atoms with Gasteiger partial charge in [-0.3, -0.25) is 9.48 Å². The fourth-order valence-corrected chi connectivity index (χ4v) is 4.53. The first-order chi connectivity index (χ1) is 16.6. The van der Waals surface area contributed by atoms with E-state index >= 15 is 0 Å². The van der Waals surface area contributed by atoms with Crippen LogP contribution in [-0.2, 0) is 18.4 Å². The molecule has 3 heterocycles. The number of aryl methyl sites for hydroxylation is 1. The number of pyridine rings is 1. The number of rotatable bonds is 3. The highest BCUT2D eigenvalue weighted by atomic mass is 19.4. The molecule has 1 aliphatic heterocycles. The van der Waals surface area contributed by atoms with Gasteiger partial charge in [-0.05, 0) is 41.0 Å². The van der Waals surface area contributed by atoms with E-state index < -0.39 is 17.8 Å². The molecule has 180 valence electrons. The number of nitrogens with zero attached hydrogens (tertiary/aromatic N) is 4. The fourth-order valence-electron chi connectivity index (χ4n) is 4.53. The molecule has 35 heavy (non-hydrogen) atoms. The van der Waals surface area contributed by atoms with Crippen molar-refractivity contribution in [3.05, 3.63) is 71.4 Å². The van der Waals surface area contributed by atoms with Crippen molar-refractivity contribution in [2.75, 3.05) is 19.4 Å². The zero-order chi connectivity index (χ0) is 25.1. The van der Waals surface area contributed by atoms with Crippen LogP contribution in [0.4, 0.5) is 19.0 Å². The van der Waals surface area contributed by atoms with E-state index in [0.717, 1.165) is 16.5 Å². The van der Waals surface area contributed by atoms with Gasteiger partial charge in [0.1, 0.15) is 5.82 Å². The second-order valence-electron chi connectivity index (χ2n) is 8.60. The Morgan fingerprint density at radius 1 is 1.20 bits per heavy atom. The number of allylic oxidation sites excluding steroid dienone is 1. The summed E-state index contributed by atoms with van der Waals surface area (Å²) in [5.41, 5.74) is 8.31. The Bertz CT molecular complexity index is 1510. The van der Waals surface area contributed by atoms with E-state index in [4.69, 9.17) is 10.5 Å². The normalized spacial score (nSPS) is 15.9. The molecule has 7 nitrogen and oxygen atoms in total. The molecule has 1 unspecified atom stereocenters. The molecule has 0 saturated heterocycles. The molecule has 5 rings (SSSR count). The average molecular weight is 481 g/mol. The Labute approximate surface area is 198 Å². The number of hydrogen-bond donors (Lipinski definition) is 1. The monoisotopic (exact) mass is 481 g/mol. The number of fused-ring (bicyclic) bond motifs is 4. The van der Waals surface area contributed by atoms with Crippen LogP contribution >= 0.6 is 0 Å². The lowest BCUT2D eigenvalue weighted by atomic mass is 9.93. The van der Waals surface area contributed by atoms with Crippen LogP contribution in [0.2, 0.25) is 0 Å². The molecule has 0 radical (unpaired) electrons. The number of benzene rings is 2. The highest BCUT2D eigenvalue weighted by molar-refractivity contribution is 6.10. The number of carbonyl (C=O) groups excluding carboxylic acids is 1. The molecule has 0 spiro atoms. The Hall–Kier alpha value is -3.92. The van der Waals surface area contributed by atoms with E-state index in [0.29, 0.717) is 27.8 Å². The van der Waals surface area contributed by atoms with E-state index in [9.17, 15) is 18.0 Å². The van der Waals surface area contributed by atoms with Gasteiger partial charge in [0.25, 0.3) is 5.91 Å². The lowest BCUT2D eigenvalue weighted by Crippen LogP contribution is -2.36. The molecule has 2 N–H and O–H groups in total. The first kappa shape index (κ1) is 22.9. The van der Waals surface area contributed by atoms with Gasteiger partial charge < -0.3 is 15.4 Å². The summed E-state index contributed by atoms with van der Waals surface area (Å²) >= 11 is 0. The minimum Gasteiger partial charge on any atom is -0.383 e. The number of aromatic nitrogens is 3. The van der Waals surface area contributed by atoms with E-state index in [1.165, 1.54) is 12.1 Å². The van der Waals surface area contributed by atoms with Crippen molar-refractivity contribution in [1.29, 1.82) is 0 Å². The minimum absolute atomic E-state index is 0.0176. The summed E-state index contributed by atoms with van der Waals surface area (Å²) in [6.45, 7) is 3.56. The number of carbonyl (C=O) groups is 1. The zero-order valence-corrected chi connectivity index (χ0v) is 19.1. The van der Waals surface area contributed by atoms with Gasteiger partial charge in [0, 0.05) is 25.0 Å². The molecule has 1 amide bonds. The number of likely N-dealkylation sites (N-methyl/N-ethyl adjacent to an activating group) is 1. The summed E-state index contributed by atoms with van der Waals surface area (Å²) in [7, 11) is 3.44. The van der Waals surface area contributed by atoms with Crippen LogP contribution in [-0.4, -0.2) is 45.4 Å². The van der Waals surface area contributed by atoms with Crippen molar-refractivity contribution < 1.29 is 22.7 Å². The molecule has 0 saturated carbocycles. The van der Waals surface area contributed by atoms with Gasteiger partial charge >= 0.3 is 6.18 Å². The van der Waals surface area contributed by atoms with E-state index in [-0.39, 0.29) is 24.7 Å². The highest BCUT2D eigenvalue weighted by Gasteiger charge is 2.34. The maximum Gasteiger partial charge on any atom is 0.416 e. The number of hydrogen-bond acceptors (Lipinski definition) is 5. The molecule has 0 bridgehead atoms. The molecule has 10 heteroatoms. The number of anilines is 1. The molecule has 4 aromatic rings. The second kappa shape index (κ2) is 8.09. The highest BCUT2D eigenvalue weighted by Crippen LogP contribution is 2.37. The van der Waals surface area contributed by atoms with Gasteiger partial charge in [-0.1, -0.05) is 18.7 Å². The molecular formula is C25H22F3N5O2. The molecule has 2 aromatic heterocycles. The first-order valence-corrected chi connectivity index (χ1v) is 10.8. The van der Waals surface area contributed by atoms with Crippen molar-refractivity contribution >= 4 is 39.1 Å². The van der Waals surface area contributed by atoms with Crippen LogP contribution in [0.3, 0.4) is 0 Å². The summed E-state index contributed by atoms with van der Waals surface area (Å²) in [6, 6.07) is 9.14. The van der Waals surface area contributed by atoms with Crippen LogP contribution in [0, 0.1) is 0 Å². The molecule has 0 aliphatic carbocycles. The maximum atomic E-state index is 13.5. The van der Waals surface area contributed by atoms with E-state index in [1.807, 2.05) is 0 Å². The third-order valence-electron chi connectivity index (χ3n) is 6.47. The summed E-state index contributed by atoms with van der Waals surface area (Å²) < 4.78 is 46.6. The second-order valence-corrected chi connectivity index (χ2v) is 8.60. The largest absolute Gasteiger partial charge is 0.416 e. The third kappa shape index (κ3) is 3.79. The van der Waals surface area contributed by atoms with Gasteiger partial charge in [0.2, 0.25) is 0 Å². The number of ether oxygens (including phenoxy) is 1. The first-order valence-electron chi connectivity index (χ1n) is 10.8. The summed E-state index contributed by atoms with van der Waals surface area (Å²) in [6.07, 6.45) is -2.89. The quantitative estimate of drug-likeness (QED) is 0.461. The Kier molecular flexibility index (Phi) is 5.28. The van der Waals surface area contributed by atoms with Gasteiger partial charge in [0.15, 0.2) is 0 Å². The smallest absolute Gasteiger partial charge is 0.383 e. The Morgan fingerprint density at radius 3 is 2.69 bits per heavy atom. The number of halogens is 3. The van der Waals surface area contributed by atoms with Gasteiger partial charge in [-0.15, -0.1) is 0 Å². The van der Waals surface area contributed by atoms with Crippen LogP contribution in [0.15, 0.2) is 49.2 Å². The van der Waals surface area contributed by atoms with Crippen LogP contribution in [0.5, 0.6) is 0 Å². The molecule has 1 aliphatic rings. The van der Waals surface area contributed by atoms with Crippen molar-refractivity contribution in [1.82, 2.24) is 19.7 Å². The Morgan fingerprint density at radius 2 is 1.94 bits per heavy atom. The fraction of sp³-hybridized carbons (Fsp3) is 0.240. The summed E-state index contributed by atoms with van der Waals surface area (Å²) in [4.78, 5) is 19.4. The summed E-state index contributed by atoms with van der Waals surface area (Å²) in [5, 5.41) is 5.70. The topological polar surface area (TPSA) is 86.3 Å². The predicted molar refractivity (Wildman–Crippen MR) is 126 cm³/mol. The van der Waals surface area contributed by atoms with Crippen LogP contribution in [0.1, 0.15) is 33.1 Å². The zero-order valence-electron chi connectivity index (χ0n) is 19.1. The number of alkyl halides is 3. The van der Waals surface area contributed by atoms with Crippen molar-refractivity contribution in [2.24, 2.45) is 7.05 Å². The summed E-state index contributed by atoms with van der Waals surface area (Å²) in [5.74, 6) is 0.101. The van der Waals surface area contributed by atoms with Crippen LogP contribution in [0.25, 0.3) is 27.4 Å². The van der Waals surface area contributed by atoms with Gasteiger partial charge in [-0.2, -0.15) is 18.3 Å². The third-order valence-corrected chi connectivity index (χ3v) is 6.47.